The highest BCUT2D eigenvalue weighted by atomic mass is 32.7. The zero-order valence-electron chi connectivity index (χ0n) is 14.5. The molecule has 0 saturated carbocycles. The molecule has 1 aromatic rings. The van der Waals surface area contributed by atoms with E-state index >= 15 is 0 Å². The third-order valence-electron chi connectivity index (χ3n) is 3.27. The Balaban J connectivity index is 2.93. The van der Waals surface area contributed by atoms with Crippen LogP contribution in [0.25, 0.3) is 0 Å². The molecule has 1 unspecified atom stereocenters. The number of rotatable bonds is 11. The lowest BCUT2D eigenvalue weighted by Crippen LogP contribution is -2.34. The molecular formula is C17H29N2O2PS. The maximum atomic E-state index is 13.4. The molecule has 0 aliphatic heterocycles. The summed E-state index contributed by atoms with van der Waals surface area (Å²) in [7, 11) is 0. The van der Waals surface area contributed by atoms with Gasteiger partial charge in [0, 0.05) is 18.8 Å². The zero-order valence-corrected chi connectivity index (χ0v) is 16.2. The summed E-state index contributed by atoms with van der Waals surface area (Å²) in [5, 5.41) is 3.16. The predicted octanol–water partition coefficient (Wildman–Crippen LogP) is 4.72. The van der Waals surface area contributed by atoms with Crippen LogP contribution in [0.3, 0.4) is 0 Å². The summed E-state index contributed by atoms with van der Waals surface area (Å²) in [6, 6.07) is 9.65. The molecule has 4 nitrogen and oxygen atoms in total. The molecule has 1 rings (SSSR count). The van der Waals surface area contributed by atoms with Gasteiger partial charge in [-0.2, -0.15) is 0 Å². The van der Waals surface area contributed by atoms with Crippen molar-refractivity contribution < 1.29 is 9.36 Å². The summed E-state index contributed by atoms with van der Waals surface area (Å²) < 4.78 is 15.0. The Morgan fingerprint density at radius 2 is 1.83 bits per heavy atom. The molecule has 1 aromatic carbocycles. The van der Waals surface area contributed by atoms with Crippen molar-refractivity contribution in [2.45, 2.75) is 46.5 Å². The molecule has 1 N–H and O–H groups in total. The van der Waals surface area contributed by atoms with Crippen molar-refractivity contribution in [3.8, 4) is 0 Å². The van der Waals surface area contributed by atoms with Crippen molar-refractivity contribution in [2.75, 3.05) is 18.8 Å². The lowest BCUT2D eigenvalue weighted by molar-refractivity contribution is -0.125. The molecule has 0 aromatic heterocycles. The van der Waals surface area contributed by atoms with Gasteiger partial charge in [-0.3, -0.25) is 14.0 Å². The Kier molecular flexibility index (Phi) is 9.61. The molecule has 1 atom stereocenters. The van der Waals surface area contributed by atoms with Gasteiger partial charge in [0.1, 0.15) is 0 Å². The normalized spacial score (nSPS) is 13.5. The minimum atomic E-state index is -2.92. The Hall–Kier alpha value is -0.770. The average molecular weight is 356 g/mol. The number of benzene rings is 1. The fourth-order valence-corrected chi connectivity index (χ4v) is 7.08. The molecule has 0 aliphatic carbocycles. The third-order valence-corrected chi connectivity index (χ3v) is 8.47. The number of hydrogen-bond donors (Lipinski definition) is 1. The highest BCUT2D eigenvalue weighted by molar-refractivity contribution is 8.56. The molecule has 0 radical (unpaired) electrons. The van der Waals surface area contributed by atoms with E-state index < -0.39 is 6.65 Å². The van der Waals surface area contributed by atoms with E-state index in [-0.39, 0.29) is 5.91 Å². The predicted molar refractivity (Wildman–Crippen MR) is 101 cm³/mol. The van der Waals surface area contributed by atoms with Crippen LogP contribution in [0.15, 0.2) is 30.3 Å². The monoisotopic (exact) mass is 356 g/mol. The number of carbonyl (C=O) groups excluding carboxylic acids is 1. The van der Waals surface area contributed by atoms with Gasteiger partial charge in [0.2, 0.25) is 5.91 Å². The first-order valence-electron chi connectivity index (χ1n) is 8.41. The van der Waals surface area contributed by atoms with Crippen molar-refractivity contribution >= 4 is 23.9 Å². The summed E-state index contributed by atoms with van der Waals surface area (Å²) in [5.74, 6) is 0.723. The zero-order chi connectivity index (χ0) is 17.1. The topological polar surface area (TPSA) is 49.4 Å². The third kappa shape index (κ3) is 6.70. The highest BCUT2D eigenvalue weighted by Crippen LogP contribution is 2.58. The molecule has 0 heterocycles. The molecule has 130 valence electrons. The van der Waals surface area contributed by atoms with Gasteiger partial charge >= 0.3 is 0 Å². The fraction of sp³-hybridized carbons (Fsp3) is 0.588. The van der Waals surface area contributed by atoms with Crippen LogP contribution in [0.1, 0.15) is 45.6 Å². The van der Waals surface area contributed by atoms with Crippen molar-refractivity contribution in [3.05, 3.63) is 35.9 Å². The van der Waals surface area contributed by atoms with Gasteiger partial charge in [-0.05, 0) is 24.8 Å². The van der Waals surface area contributed by atoms with Gasteiger partial charge in [0.05, 0.1) is 6.42 Å². The van der Waals surface area contributed by atoms with E-state index in [1.54, 1.807) is 4.67 Å². The van der Waals surface area contributed by atoms with Crippen molar-refractivity contribution in [2.24, 2.45) is 0 Å². The highest BCUT2D eigenvalue weighted by Gasteiger charge is 2.33. The Morgan fingerprint density at radius 3 is 2.39 bits per heavy atom. The van der Waals surface area contributed by atoms with Crippen LogP contribution in [0.5, 0.6) is 0 Å². The first kappa shape index (κ1) is 20.3. The number of amides is 1. The SMILES string of the molecule is CCCNP(=O)(SCCC)N(CCC)C(=O)Cc1ccccc1. The van der Waals surface area contributed by atoms with Crippen molar-refractivity contribution in [1.29, 1.82) is 0 Å². The molecule has 0 spiro atoms. The van der Waals surface area contributed by atoms with Gasteiger partial charge in [0.15, 0.2) is 0 Å². The summed E-state index contributed by atoms with van der Waals surface area (Å²) >= 11 is 1.40. The van der Waals surface area contributed by atoms with Crippen LogP contribution in [-0.4, -0.2) is 29.4 Å². The summed E-state index contributed by atoms with van der Waals surface area (Å²) in [6.45, 7) is 4.38. The van der Waals surface area contributed by atoms with Crippen molar-refractivity contribution in [1.82, 2.24) is 9.76 Å². The molecule has 23 heavy (non-hydrogen) atoms. The largest absolute Gasteiger partial charge is 0.294 e. The molecule has 0 aliphatic rings. The summed E-state index contributed by atoms with van der Waals surface area (Å²) in [4.78, 5) is 12.8. The lowest BCUT2D eigenvalue weighted by Gasteiger charge is -2.31. The Morgan fingerprint density at radius 1 is 1.13 bits per heavy atom. The minimum Gasteiger partial charge on any atom is -0.274 e. The molecule has 0 bridgehead atoms. The van der Waals surface area contributed by atoms with Gasteiger partial charge < -0.3 is 0 Å². The standard InChI is InChI=1S/C17H29N2O2PS/c1-4-12-18-22(21,23-14-6-3)19(13-5-2)17(20)15-16-10-8-7-9-11-16/h7-11H,4-6,12-15H2,1-3H3,(H,18,21). The Bertz CT molecular complexity index is 499. The number of carbonyl (C=O) groups is 1. The molecular weight excluding hydrogens is 327 g/mol. The second-order valence-electron chi connectivity index (χ2n) is 5.44. The van der Waals surface area contributed by atoms with Crippen LogP contribution in [0, 0.1) is 0 Å². The summed E-state index contributed by atoms with van der Waals surface area (Å²) in [6.07, 6.45) is 2.93. The second-order valence-corrected chi connectivity index (χ2v) is 10.2. The maximum absolute atomic E-state index is 13.4. The lowest BCUT2D eigenvalue weighted by atomic mass is 10.1. The van der Waals surface area contributed by atoms with E-state index in [0.717, 1.165) is 30.6 Å². The van der Waals surface area contributed by atoms with Gasteiger partial charge in [-0.1, -0.05) is 62.5 Å². The van der Waals surface area contributed by atoms with Crippen LogP contribution in [0.4, 0.5) is 0 Å². The quantitative estimate of drug-likeness (QED) is 0.583. The van der Waals surface area contributed by atoms with E-state index in [1.807, 2.05) is 44.2 Å². The van der Waals surface area contributed by atoms with E-state index in [0.29, 0.717) is 19.5 Å². The van der Waals surface area contributed by atoms with Crippen molar-refractivity contribution in [3.63, 3.8) is 0 Å². The molecule has 0 saturated heterocycles. The number of nitrogens with one attached hydrogen (secondary N) is 1. The van der Waals surface area contributed by atoms with E-state index in [2.05, 4.69) is 12.0 Å². The van der Waals surface area contributed by atoms with Crippen LogP contribution < -0.4 is 5.09 Å². The van der Waals surface area contributed by atoms with Gasteiger partial charge in [0.25, 0.3) is 6.65 Å². The second kappa shape index (κ2) is 10.9. The van der Waals surface area contributed by atoms with E-state index in [1.165, 1.54) is 11.4 Å². The Labute approximate surface area is 144 Å². The maximum Gasteiger partial charge on any atom is 0.294 e. The van der Waals surface area contributed by atoms with Crippen LogP contribution in [-0.2, 0) is 15.8 Å². The molecule has 6 heteroatoms. The molecule has 0 fully saturated rings. The van der Waals surface area contributed by atoms with Crippen LogP contribution >= 0.6 is 18.0 Å². The first-order chi connectivity index (χ1) is 11.1. The average Bonchev–Trinajstić information content (AvgIpc) is 2.56. The smallest absolute Gasteiger partial charge is 0.274 e. The fourth-order valence-electron chi connectivity index (χ4n) is 2.15. The number of hydrogen-bond acceptors (Lipinski definition) is 3. The van der Waals surface area contributed by atoms with E-state index in [4.69, 9.17) is 0 Å². The van der Waals surface area contributed by atoms with Gasteiger partial charge in [-0.15, -0.1) is 0 Å². The summed E-state index contributed by atoms with van der Waals surface area (Å²) in [5.41, 5.74) is 0.959. The first-order valence-corrected chi connectivity index (χ1v) is 11.7. The van der Waals surface area contributed by atoms with Gasteiger partial charge in [-0.25, -0.2) is 5.09 Å². The van der Waals surface area contributed by atoms with Crippen LogP contribution in [0.2, 0.25) is 0 Å². The van der Waals surface area contributed by atoms with E-state index in [9.17, 15) is 9.36 Å². The molecule has 1 amide bonds. The minimum absolute atomic E-state index is 0.0615. The number of nitrogens with zero attached hydrogens (tertiary/aromatic N) is 1.